The van der Waals surface area contributed by atoms with Gasteiger partial charge in [-0.15, -0.1) is 9.89 Å². The Bertz CT molecular complexity index is 1270. The highest BCUT2D eigenvalue weighted by molar-refractivity contribution is 5.94. The molecule has 0 bridgehead atoms. The van der Waals surface area contributed by atoms with Crippen LogP contribution in [-0.4, -0.2) is 15.8 Å². The number of fused-ring (bicyclic) bond motifs is 1. The lowest BCUT2D eigenvalue weighted by molar-refractivity contribution is -0.116. The molecule has 0 aliphatic carbocycles. The van der Waals surface area contributed by atoms with E-state index >= 15 is 0 Å². The van der Waals surface area contributed by atoms with Crippen LogP contribution in [0.2, 0.25) is 0 Å². The topological polar surface area (TPSA) is 64.0 Å². The Morgan fingerprint density at radius 3 is 2.38 bits per heavy atom. The molecule has 0 saturated heterocycles. The van der Waals surface area contributed by atoms with Gasteiger partial charge in [0, 0.05) is 16.5 Å². The third-order valence-corrected chi connectivity index (χ3v) is 4.44. The van der Waals surface area contributed by atoms with Crippen molar-refractivity contribution in [1.29, 1.82) is 0 Å². The molecule has 1 amide bonds. The summed E-state index contributed by atoms with van der Waals surface area (Å²) >= 11 is 0. The number of rotatable bonds is 4. The van der Waals surface area contributed by atoms with Gasteiger partial charge in [-0.05, 0) is 24.3 Å². The zero-order valence-electron chi connectivity index (χ0n) is 15.1. The van der Waals surface area contributed by atoms with Gasteiger partial charge < -0.3 is 0 Å². The Hall–Kier alpha value is -3.87. The first-order chi connectivity index (χ1) is 14.0. The van der Waals surface area contributed by atoms with Gasteiger partial charge in [0.2, 0.25) is 5.91 Å². The van der Waals surface area contributed by atoms with E-state index in [0.29, 0.717) is 16.5 Å². The number of carbonyl (C=O) groups is 1. The second-order valence-corrected chi connectivity index (χ2v) is 6.42. The van der Waals surface area contributed by atoms with Crippen molar-refractivity contribution in [1.82, 2.24) is 9.89 Å². The molecular formula is C22H15F2N3O2. The van der Waals surface area contributed by atoms with E-state index in [2.05, 4.69) is 10.5 Å². The number of hydrogen-bond acceptors (Lipinski definition) is 3. The quantitative estimate of drug-likeness (QED) is 0.578. The molecule has 144 valence electrons. The summed E-state index contributed by atoms with van der Waals surface area (Å²) in [6.45, 7) is 0. The molecule has 5 nitrogen and oxygen atoms in total. The van der Waals surface area contributed by atoms with Crippen LogP contribution in [0.3, 0.4) is 0 Å². The molecule has 29 heavy (non-hydrogen) atoms. The molecule has 0 aliphatic heterocycles. The van der Waals surface area contributed by atoms with Gasteiger partial charge in [-0.3, -0.25) is 9.59 Å². The Labute approximate surface area is 164 Å². The van der Waals surface area contributed by atoms with Crippen LogP contribution in [0.25, 0.3) is 22.0 Å². The fourth-order valence-corrected chi connectivity index (χ4v) is 3.08. The maximum absolute atomic E-state index is 13.8. The lowest BCUT2D eigenvalue weighted by atomic mass is 10.1. The van der Waals surface area contributed by atoms with Gasteiger partial charge in [-0.2, -0.15) is 0 Å². The number of halogens is 2. The Kier molecular flexibility index (Phi) is 4.87. The van der Waals surface area contributed by atoms with Crippen LogP contribution in [0.1, 0.15) is 5.56 Å². The van der Waals surface area contributed by atoms with Gasteiger partial charge in [0.15, 0.2) is 0 Å². The maximum atomic E-state index is 13.8. The van der Waals surface area contributed by atoms with Crippen molar-refractivity contribution in [3.8, 4) is 11.3 Å². The summed E-state index contributed by atoms with van der Waals surface area (Å²) in [4.78, 5) is 26.0. The summed E-state index contributed by atoms with van der Waals surface area (Å²) in [7, 11) is 0. The lowest BCUT2D eigenvalue weighted by Crippen LogP contribution is -2.36. The van der Waals surface area contributed by atoms with Crippen molar-refractivity contribution in [2.24, 2.45) is 0 Å². The predicted molar refractivity (Wildman–Crippen MR) is 106 cm³/mol. The minimum absolute atomic E-state index is 0.111. The van der Waals surface area contributed by atoms with E-state index in [9.17, 15) is 18.4 Å². The maximum Gasteiger partial charge on any atom is 0.294 e. The highest BCUT2D eigenvalue weighted by atomic mass is 19.1. The highest BCUT2D eigenvalue weighted by Gasteiger charge is 2.15. The first-order valence-electron chi connectivity index (χ1n) is 8.84. The van der Waals surface area contributed by atoms with Crippen molar-refractivity contribution >= 4 is 16.7 Å². The van der Waals surface area contributed by atoms with Crippen LogP contribution in [0, 0.1) is 11.6 Å². The van der Waals surface area contributed by atoms with Crippen molar-refractivity contribution in [2.75, 3.05) is 5.43 Å². The zero-order chi connectivity index (χ0) is 20.4. The first kappa shape index (κ1) is 18.5. The van der Waals surface area contributed by atoms with Crippen molar-refractivity contribution in [3.63, 3.8) is 0 Å². The number of nitrogens with zero attached hydrogens (tertiary/aromatic N) is 2. The Morgan fingerprint density at radius 2 is 1.62 bits per heavy atom. The summed E-state index contributed by atoms with van der Waals surface area (Å²) in [5.74, 6) is -2.05. The molecule has 1 N–H and O–H groups in total. The number of hydrogen-bond donors (Lipinski definition) is 1. The van der Waals surface area contributed by atoms with E-state index < -0.39 is 29.5 Å². The van der Waals surface area contributed by atoms with Gasteiger partial charge in [-0.25, -0.2) is 14.2 Å². The summed E-state index contributed by atoms with van der Waals surface area (Å²) in [5, 5.41) is 5.31. The number of benzene rings is 3. The van der Waals surface area contributed by atoms with E-state index in [-0.39, 0.29) is 5.56 Å². The average Bonchev–Trinajstić information content (AvgIpc) is 2.73. The standard InChI is InChI=1S/C22H15F2N3O2/c23-16-10-11-19(24)15(12-16)13-20(28)25-27-22(29)18-9-5-4-8-17(18)21(26-27)14-6-2-1-3-7-14/h1-12H,13H2,(H,25,28). The van der Waals surface area contributed by atoms with Gasteiger partial charge >= 0.3 is 0 Å². The Morgan fingerprint density at radius 1 is 0.931 bits per heavy atom. The van der Waals surface area contributed by atoms with Gasteiger partial charge in [0.25, 0.3) is 5.56 Å². The molecule has 1 heterocycles. The smallest absolute Gasteiger partial charge is 0.273 e. The van der Waals surface area contributed by atoms with Crippen LogP contribution in [0.4, 0.5) is 8.78 Å². The third-order valence-electron chi connectivity index (χ3n) is 4.44. The monoisotopic (exact) mass is 391 g/mol. The fraction of sp³-hybridized carbons (Fsp3) is 0.0455. The van der Waals surface area contributed by atoms with E-state index in [1.807, 2.05) is 30.3 Å². The predicted octanol–water partition coefficient (Wildman–Crippen LogP) is 3.65. The molecule has 0 atom stereocenters. The molecule has 0 spiro atoms. The summed E-state index contributed by atoms with van der Waals surface area (Å²) < 4.78 is 27.1. The fourth-order valence-electron chi connectivity index (χ4n) is 3.08. The Balaban J connectivity index is 1.74. The molecule has 0 aliphatic rings. The SMILES string of the molecule is O=C(Cc1cc(F)ccc1F)Nn1nc(-c2ccccc2)c2ccccc2c1=O. The molecule has 3 aromatic carbocycles. The van der Waals surface area contributed by atoms with E-state index in [0.717, 1.165) is 28.6 Å². The van der Waals surface area contributed by atoms with Crippen LogP contribution in [0.5, 0.6) is 0 Å². The molecule has 0 unspecified atom stereocenters. The third kappa shape index (κ3) is 3.75. The summed E-state index contributed by atoms with van der Waals surface area (Å²) in [6, 6.07) is 19.0. The van der Waals surface area contributed by atoms with Gasteiger partial charge in [-0.1, -0.05) is 48.5 Å². The zero-order valence-corrected chi connectivity index (χ0v) is 15.1. The van der Waals surface area contributed by atoms with Gasteiger partial charge in [0.05, 0.1) is 11.8 Å². The molecular weight excluding hydrogens is 376 g/mol. The molecule has 1 aromatic heterocycles. The van der Waals surface area contributed by atoms with Gasteiger partial charge in [0.1, 0.15) is 17.3 Å². The molecule has 0 radical (unpaired) electrons. The van der Waals surface area contributed by atoms with E-state index in [1.54, 1.807) is 24.3 Å². The van der Waals surface area contributed by atoms with E-state index in [4.69, 9.17) is 0 Å². The van der Waals surface area contributed by atoms with Crippen molar-refractivity contribution in [3.05, 3.63) is 100 Å². The van der Waals surface area contributed by atoms with Crippen molar-refractivity contribution < 1.29 is 13.6 Å². The normalized spacial score (nSPS) is 10.8. The largest absolute Gasteiger partial charge is 0.294 e. The molecule has 0 saturated carbocycles. The van der Waals surface area contributed by atoms with Crippen LogP contribution in [0.15, 0.2) is 77.6 Å². The van der Waals surface area contributed by atoms with Crippen LogP contribution < -0.4 is 11.0 Å². The minimum Gasteiger partial charge on any atom is -0.273 e. The second kappa shape index (κ2) is 7.63. The highest BCUT2D eigenvalue weighted by Crippen LogP contribution is 2.24. The number of aromatic nitrogens is 2. The number of carbonyl (C=O) groups excluding carboxylic acids is 1. The number of amides is 1. The van der Waals surface area contributed by atoms with Crippen LogP contribution in [-0.2, 0) is 11.2 Å². The summed E-state index contributed by atoms with van der Waals surface area (Å²) in [5.41, 5.74) is 3.02. The summed E-state index contributed by atoms with van der Waals surface area (Å²) in [6.07, 6.45) is -0.439. The minimum atomic E-state index is -0.703. The number of nitrogens with one attached hydrogen (secondary N) is 1. The van der Waals surface area contributed by atoms with Crippen molar-refractivity contribution in [2.45, 2.75) is 6.42 Å². The molecule has 7 heteroatoms. The molecule has 4 rings (SSSR count). The average molecular weight is 391 g/mol. The lowest BCUT2D eigenvalue weighted by Gasteiger charge is -2.12. The second-order valence-electron chi connectivity index (χ2n) is 6.42. The molecule has 0 fully saturated rings. The van der Waals surface area contributed by atoms with Crippen LogP contribution >= 0.6 is 0 Å². The first-order valence-corrected chi connectivity index (χ1v) is 8.84. The molecule has 4 aromatic rings. The van der Waals surface area contributed by atoms with E-state index in [1.165, 1.54) is 0 Å².